The van der Waals surface area contributed by atoms with Crippen LogP contribution in [0.25, 0.3) is 10.8 Å². The van der Waals surface area contributed by atoms with Crippen molar-refractivity contribution in [3.63, 3.8) is 0 Å². The standard InChI is InChI=1S/C22H22F3N3O2S/c1-15-7-5-10-18-20(15)19(31(29,30)28-11-3-2-4-12-28)14-26-21(18)27-17-9-6-8-16(13-17)22(23,24)25/h5-10,13-14H,2-4,11-12H2,1H3,(H,26,27). The van der Waals surface area contributed by atoms with Crippen LogP contribution in [-0.4, -0.2) is 30.8 Å². The number of pyridine rings is 1. The minimum absolute atomic E-state index is 0.122. The number of piperidine rings is 1. The second kappa shape index (κ2) is 8.12. The summed E-state index contributed by atoms with van der Waals surface area (Å²) < 4.78 is 67.3. The van der Waals surface area contributed by atoms with Gasteiger partial charge in [0.2, 0.25) is 10.0 Å². The van der Waals surface area contributed by atoms with Crippen LogP contribution in [0.15, 0.2) is 53.6 Å². The highest BCUT2D eigenvalue weighted by Gasteiger charge is 2.31. The third-order valence-electron chi connectivity index (χ3n) is 5.47. The lowest BCUT2D eigenvalue weighted by Gasteiger charge is -2.26. The van der Waals surface area contributed by atoms with E-state index in [1.807, 2.05) is 13.0 Å². The first-order chi connectivity index (χ1) is 14.7. The lowest BCUT2D eigenvalue weighted by molar-refractivity contribution is -0.137. The fraction of sp³-hybridized carbons (Fsp3) is 0.318. The predicted octanol–water partition coefficient (Wildman–Crippen LogP) is 5.48. The van der Waals surface area contributed by atoms with Crippen LogP contribution in [-0.2, 0) is 16.2 Å². The summed E-state index contributed by atoms with van der Waals surface area (Å²) in [6.07, 6.45) is -0.521. The van der Waals surface area contributed by atoms with Crippen LogP contribution in [0.1, 0.15) is 30.4 Å². The average Bonchev–Trinajstić information content (AvgIpc) is 2.74. The molecular formula is C22H22F3N3O2S. The molecule has 5 nitrogen and oxygen atoms in total. The lowest BCUT2D eigenvalue weighted by atomic mass is 10.1. The van der Waals surface area contributed by atoms with Crippen LogP contribution < -0.4 is 5.32 Å². The number of aryl methyl sites for hydroxylation is 1. The van der Waals surface area contributed by atoms with Crippen molar-refractivity contribution in [3.05, 3.63) is 59.8 Å². The zero-order valence-electron chi connectivity index (χ0n) is 16.9. The van der Waals surface area contributed by atoms with Gasteiger partial charge in [-0.25, -0.2) is 13.4 Å². The first kappa shape index (κ1) is 21.6. The molecule has 1 N–H and O–H groups in total. The molecule has 4 rings (SSSR count). The van der Waals surface area contributed by atoms with E-state index in [-0.39, 0.29) is 10.6 Å². The monoisotopic (exact) mass is 449 g/mol. The van der Waals surface area contributed by atoms with Crippen molar-refractivity contribution in [2.75, 3.05) is 18.4 Å². The van der Waals surface area contributed by atoms with Crippen LogP contribution in [0.2, 0.25) is 0 Å². The first-order valence-electron chi connectivity index (χ1n) is 10.0. The Kier molecular flexibility index (Phi) is 5.65. The van der Waals surface area contributed by atoms with Gasteiger partial charge >= 0.3 is 6.18 Å². The molecule has 0 unspecified atom stereocenters. The molecule has 164 valence electrons. The van der Waals surface area contributed by atoms with Crippen LogP contribution in [0.3, 0.4) is 0 Å². The van der Waals surface area contributed by atoms with Crippen molar-refractivity contribution in [1.29, 1.82) is 0 Å². The number of nitrogens with one attached hydrogen (secondary N) is 1. The molecule has 0 bridgehead atoms. The van der Waals surface area contributed by atoms with Gasteiger partial charge in [0, 0.05) is 35.7 Å². The van der Waals surface area contributed by atoms with Gasteiger partial charge in [0.25, 0.3) is 0 Å². The number of fused-ring (bicyclic) bond motifs is 1. The summed E-state index contributed by atoms with van der Waals surface area (Å²) in [5, 5.41) is 3.99. The Hall–Kier alpha value is -2.65. The Labute approximate surface area is 179 Å². The van der Waals surface area contributed by atoms with E-state index in [2.05, 4.69) is 10.3 Å². The van der Waals surface area contributed by atoms with E-state index in [1.54, 1.807) is 12.1 Å². The van der Waals surface area contributed by atoms with Crippen molar-refractivity contribution in [2.45, 2.75) is 37.3 Å². The molecule has 0 radical (unpaired) electrons. The number of halogens is 3. The zero-order valence-corrected chi connectivity index (χ0v) is 17.7. The highest BCUT2D eigenvalue weighted by Crippen LogP contribution is 2.35. The Morgan fingerprint density at radius 1 is 1.03 bits per heavy atom. The van der Waals surface area contributed by atoms with Gasteiger partial charge < -0.3 is 5.32 Å². The lowest BCUT2D eigenvalue weighted by Crippen LogP contribution is -2.35. The molecule has 0 saturated carbocycles. The van der Waals surface area contributed by atoms with E-state index < -0.39 is 21.8 Å². The van der Waals surface area contributed by atoms with Gasteiger partial charge in [-0.2, -0.15) is 17.5 Å². The number of anilines is 2. The molecule has 9 heteroatoms. The first-order valence-corrected chi connectivity index (χ1v) is 11.4. The predicted molar refractivity (Wildman–Crippen MR) is 114 cm³/mol. The smallest absolute Gasteiger partial charge is 0.340 e. The molecule has 0 aliphatic carbocycles. The maximum absolute atomic E-state index is 13.3. The van der Waals surface area contributed by atoms with Gasteiger partial charge in [0.1, 0.15) is 10.7 Å². The van der Waals surface area contributed by atoms with Gasteiger partial charge in [0.05, 0.1) is 5.56 Å². The van der Waals surface area contributed by atoms with E-state index in [9.17, 15) is 21.6 Å². The molecule has 3 aromatic rings. The fourth-order valence-corrected chi connectivity index (χ4v) is 5.63. The van der Waals surface area contributed by atoms with E-state index in [0.29, 0.717) is 29.7 Å². The summed E-state index contributed by atoms with van der Waals surface area (Å²) in [6, 6.07) is 10.1. The van der Waals surface area contributed by atoms with E-state index in [1.165, 1.54) is 22.6 Å². The molecule has 1 aromatic heterocycles. The molecule has 1 saturated heterocycles. The fourth-order valence-electron chi connectivity index (χ4n) is 3.90. The number of aromatic nitrogens is 1. The summed E-state index contributed by atoms with van der Waals surface area (Å²) in [4.78, 5) is 4.42. The van der Waals surface area contributed by atoms with Crippen LogP contribution in [0.4, 0.5) is 24.7 Å². The highest BCUT2D eigenvalue weighted by molar-refractivity contribution is 7.89. The molecule has 2 aromatic carbocycles. The van der Waals surface area contributed by atoms with Crippen molar-refractivity contribution >= 4 is 32.3 Å². The van der Waals surface area contributed by atoms with Gasteiger partial charge in [-0.15, -0.1) is 0 Å². The summed E-state index contributed by atoms with van der Waals surface area (Å²) >= 11 is 0. The maximum atomic E-state index is 13.3. The van der Waals surface area contributed by atoms with Gasteiger partial charge in [-0.05, 0) is 43.5 Å². The minimum atomic E-state index is -4.46. The number of hydrogen-bond donors (Lipinski definition) is 1. The molecule has 1 aliphatic heterocycles. The number of benzene rings is 2. The molecule has 1 fully saturated rings. The van der Waals surface area contributed by atoms with Crippen molar-refractivity contribution < 1.29 is 21.6 Å². The topological polar surface area (TPSA) is 62.3 Å². The summed E-state index contributed by atoms with van der Waals surface area (Å²) in [7, 11) is -3.73. The minimum Gasteiger partial charge on any atom is -0.340 e. The Bertz CT molecular complexity index is 1220. The van der Waals surface area contributed by atoms with Gasteiger partial charge in [-0.1, -0.05) is 30.7 Å². The molecule has 0 spiro atoms. The molecule has 1 aliphatic rings. The van der Waals surface area contributed by atoms with Crippen molar-refractivity contribution in [1.82, 2.24) is 9.29 Å². The van der Waals surface area contributed by atoms with Gasteiger partial charge in [-0.3, -0.25) is 0 Å². The molecular weight excluding hydrogens is 427 g/mol. The van der Waals surface area contributed by atoms with Crippen LogP contribution >= 0.6 is 0 Å². The summed E-state index contributed by atoms with van der Waals surface area (Å²) in [5.74, 6) is 0.301. The molecule has 0 atom stereocenters. The number of alkyl halides is 3. The normalized spacial score (nSPS) is 15.9. The molecule has 0 amide bonds. The van der Waals surface area contributed by atoms with Crippen molar-refractivity contribution in [3.8, 4) is 0 Å². The maximum Gasteiger partial charge on any atom is 0.416 e. The second-order valence-electron chi connectivity index (χ2n) is 7.64. The quantitative estimate of drug-likeness (QED) is 0.573. The van der Waals surface area contributed by atoms with E-state index in [4.69, 9.17) is 0 Å². The zero-order chi connectivity index (χ0) is 22.2. The highest BCUT2D eigenvalue weighted by atomic mass is 32.2. The molecule has 2 heterocycles. The van der Waals surface area contributed by atoms with Crippen LogP contribution in [0.5, 0.6) is 0 Å². The Balaban J connectivity index is 1.80. The second-order valence-corrected chi connectivity index (χ2v) is 9.54. The van der Waals surface area contributed by atoms with Crippen molar-refractivity contribution in [2.24, 2.45) is 0 Å². The number of nitrogens with zero attached hydrogens (tertiary/aromatic N) is 2. The SMILES string of the molecule is Cc1cccc2c(Nc3cccc(C(F)(F)F)c3)ncc(S(=O)(=O)N3CCCCC3)c12. The number of rotatable bonds is 4. The summed E-state index contributed by atoms with van der Waals surface area (Å²) in [6.45, 7) is 2.76. The van der Waals surface area contributed by atoms with E-state index >= 15 is 0 Å². The Morgan fingerprint density at radius 2 is 1.74 bits per heavy atom. The van der Waals surface area contributed by atoms with E-state index in [0.717, 1.165) is 37.0 Å². The largest absolute Gasteiger partial charge is 0.416 e. The van der Waals surface area contributed by atoms with Gasteiger partial charge in [0.15, 0.2) is 0 Å². The third-order valence-corrected chi connectivity index (χ3v) is 7.38. The number of hydrogen-bond acceptors (Lipinski definition) is 4. The molecule has 31 heavy (non-hydrogen) atoms. The van der Waals surface area contributed by atoms with Crippen LogP contribution in [0, 0.1) is 6.92 Å². The third kappa shape index (κ3) is 4.24. The Morgan fingerprint density at radius 3 is 2.45 bits per heavy atom. The number of sulfonamides is 1. The average molecular weight is 449 g/mol. The summed E-state index contributed by atoms with van der Waals surface area (Å²) in [5.41, 5.74) is 0.196.